The molecule has 6 nitrogen and oxygen atoms in total. The molecular formula is C13H21NO5. The zero-order valence-corrected chi connectivity index (χ0v) is 11.9. The number of hydrogen-bond acceptors (Lipinski definition) is 5. The van der Waals surface area contributed by atoms with Crippen molar-refractivity contribution in [2.75, 3.05) is 19.7 Å². The summed E-state index contributed by atoms with van der Waals surface area (Å²) in [6.07, 6.45) is 0.338. The molecule has 0 N–H and O–H groups in total. The first-order valence-corrected chi connectivity index (χ1v) is 6.35. The van der Waals surface area contributed by atoms with Crippen LogP contribution in [0.15, 0.2) is 0 Å². The highest BCUT2D eigenvalue weighted by molar-refractivity contribution is 5.94. The average molecular weight is 271 g/mol. The Morgan fingerprint density at radius 2 is 2.00 bits per heavy atom. The normalized spacial score (nSPS) is 23.1. The van der Waals surface area contributed by atoms with Crippen molar-refractivity contribution in [1.29, 1.82) is 0 Å². The predicted octanol–water partition coefficient (Wildman–Crippen LogP) is 1.38. The third kappa shape index (κ3) is 3.68. The van der Waals surface area contributed by atoms with Crippen molar-refractivity contribution in [3.05, 3.63) is 0 Å². The summed E-state index contributed by atoms with van der Waals surface area (Å²) in [6.45, 7) is 7.51. The van der Waals surface area contributed by atoms with E-state index in [0.29, 0.717) is 12.8 Å². The van der Waals surface area contributed by atoms with E-state index in [2.05, 4.69) is 0 Å². The topological polar surface area (TPSA) is 72.9 Å². The molecule has 0 radical (unpaired) electrons. The van der Waals surface area contributed by atoms with Gasteiger partial charge >= 0.3 is 12.1 Å². The number of hydrogen-bond donors (Lipinski definition) is 0. The van der Waals surface area contributed by atoms with Crippen LogP contribution < -0.4 is 0 Å². The molecular weight excluding hydrogens is 250 g/mol. The van der Waals surface area contributed by atoms with Gasteiger partial charge in [0.25, 0.3) is 0 Å². The Morgan fingerprint density at radius 3 is 2.47 bits per heavy atom. The molecule has 0 aromatic carbocycles. The number of esters is 1. The summed E-state index contributed by atoms with van der Waals surface area (Å²) in [5.41, 5.74) is -1.85. The Labute approximate surface area is 113 Å². The van der Waals surface area contributed by atoms with Crippen molar-refractivity contribution >= 4 is 18.3 Å². The van der Waals surface area contributed by atoms with Crippen LogP contribution in [0.4, 0.5) is 4.79 Å². The van der Waals surface area contributed by atoms with Crippen LogP contribution in [0.2, 0.25) is 0 Å². The van der Waals surface area contributed by atoms with Crippen molar-refractivity contribution in [3.63, 3.8) is 0 Å². The fourth-order valence-electron chi connectivity index (χ4n) is 1.90. The van der Waals surface area contributed by atoms with Crippen molar-refractivity contribution < 1.29 is 23.9 Å². The van der Waals surface area contributed by atoms with Gasteiger partial charge < -0.3 is 19.2 Å². The van der Waals surface area contributed by atoms with Gasteiger partial charge in [0.05, 0.1) is 6.61 Å². The molecule has 1 atom stereocenters. The van der Waals surface area contributed by atoms with Gasteiger partial charge in [-0.3, -0.25) is 4.79 Å². The monoisotopic (exact) mass is 271 g/mol. The van der Waals surface area contributed by atoms with Crippen molar-refractivity contribution in [2.45, 2.75) is 39.7 Å². The smallest absolute Gasteiger partial charge is 0.410 e. The van der Waals surface area contributed by atoms with E-state index in [1.165, 1.54) is 4.90 Å². The number of carbonyl (C=O) groups excluding carboxylic acids is 3. The SMILES string of the molecule is CCOC(=O)C1(C=O)CCN(C(=O)OC(C)(C)C)C1. The third-order valence-corrected chi connectivity index (χ3v) is 2.86. The minimum absolute atomic E-state index is 0.0181. The lowest BCUT2D eigenvalue weighted by Crippen LogP contribution is -2.41. The second kappa shape index (κ2) is 5.59. The average Bonchev–Trinajstić information content (AvgIpc) is 2.72. The molecule has 0 spiro atoms. The summed E-state index contributed by atoms with van der Waals surface area (Å²) < 4.78 is 10.1. The number of amides is 1. The van der Waals surface area contributed by atoms with Crippen LogP contribution in [0.3, 0.4) is 0 Å². The van der Waals surface area contributed by atoms with E-state index in [-0.39, 0.29) is 19.6 Å². The lowest BCUT2D eigenvalue weighted by Gasteiger charge is -2.25. The fourth-order valence-corrected chi connectivity index (χ4v) is 1.90. The fraction of sp³-hybridized carbons (Fsp3) is 0.769. The van der Waals surface area contributed by atoms with E-state index in [1.54, 1.807) is 27.7 Å². The molecule has 6 heteroatoms. The Hall–Kier alpha value is -1.59. The minimum Gasteiger partial charge on any atom is -0.465 e. The molecule has 1 aliphatic rings. The van der Waals surface area contributed by atoms with E-state index in [1.807, 2.05) is 0 Å². The highest BCUT2D eigenvalue weighted by Crippen LogP contribution is 2.30. The first kappa shape index (κ1) is 15.5. The maximum atomic E-state index is 11.9. The molecule has 1 unspecified atom stereocenters. The van der Waals surface area contributed by atoms with E-state index in [0.717, 1.165) is 0 Å². The van der Waals surface area contributed by atoms with Crippen LogP contribution in [0.1, 0.15) is 34.1 Å². The summed E-state index contributed by atoms with van der Waals surface area (Å²) in [4.78, 5) is 36.3. The van der Waals surface area contributed by atoms with Gasteiger partial charge in [0.2, 0.25) is 0 Å². The highest BCUT2D eigenvalue weighted by Gasteiger charge is 2.48. The highest BCUT2D eigenvalue weighted by atomic mass is 16.6. The quantitative estimate of drug-likeness (QED) is 0.440. The van der Waals surface area contributed by atoms with Gasteiger partial charge in [0.1, 0.15) is 17.3 Å². The third-order valence-electron chi connectivity index (χ3n) is 2.86. The van der Waals surface area contributed by atoms with Crippen molar-refractivity contribution in [2.24, 2.45) is 5.41 Å². The molecule has 1 aliphatic heterocycles. The van der Waals surface area contributed by atoms with Crippen LogP contribution in [-0.2, 0) is 19.1 Å². The molecule has 0 aromatic heterocycles. The largest absolute Gasteiger partial charge is 0.465 e. The molecule has 0 saturated carbocycles. The van der Waals surface area contributed by atoms with Crippen LogP contribution in [-0.4, -0.2) is 48.5 Å². The molecule has 1 heterocycles. The molecule has 1 fully saturated rings. The maximum Gasteiger partial charge on any atom is 0.410 e. The summed E-state index contributed by atoms with van der Waals surface area (Å²) in [7, 11) is 0. The summed E-state index contributed by atoms with van der Waals surface area (Å²) in [6, 6.07) is 0. The van der Waals surface area contributed by atoms with Crippen LogP contribution in [0.25, 0.3) is 0 Å². The van der Waals surface area contributed by atoms with Crippen molar-refractivity contribution in [1.82, 2.24) is 4.90 Å². The van der Waals surface area contributed by atoms with E-state index < -0.39 is 23.1 Å². The second-order valence-electron chi connectivity index (χ2n) is 5.65. The number of carbonyl (C=O) groups is 3. The van der Waals surface area contributed by atoms with Gasteiger partial charge in [-0.15, -0.1) is 0 Å². The summed E-state index contributed by atoms with van der Waals surface area (Å²) in [5, 5.41) is 0. The number of rotatable bonds is 3. The van der Waals surface area contributed by atoms with Gasteiger partial charge in [-0.2, -0.15) is 0 Å². The Kier molecular flexibility index (Phi) is 4.55. The molecule has 0 aromatic rings. The molecule has 108 valence electrons. The number of likely N-dealkylation sites (tertiary alicyclic amines) is 1. The lowest BCUT2D eigenvalue weighted by atomic mass is 9.89. The molecule has 1 amide bonds. The molecule has 1 saturated heterocycles. The first-order chi connectivity index (χ1) is 8.74. The molecule has 1 rings (SSSR count). The Balaban J connectivity index is 2.72. The maximum absolute atomic E-state index is 11.9. The van der Waals surface area contributed by atoms with Crippen LogP contribution >= 0.6 is 0 Å². The summed E-state index contributed by atoms with van der Waals surface area (Å²) >= 11 is 0. The number of ether oxygens (including phenoxy) is 2. The standard InChI is InChI=1S/C13H21NO5/c1-5-18-10(16)13(9-15)6-7-14(8-13)11(17)19-12(2,3)4/h9H,5-8H2,1-4H3. The number of nitrogens with zero attached hydrogens (tertiary/aromatic N) is 1. The van der Waals surface area contributed by atoms with E-state index >= 15 is 0 Å². The first-order valence-electron chi connectivity index (χ1n) is 6.35. The zero-order chi connectivity index (χ0) is 14.7. The predicted molar refractivity (Wildman–Crippen MR) is 67.6 cm³/mol. The van der Waals surface area contributed by atoms with E-state index in [4.69, 9.17) is 9.47 Å². The van der Waals surface area contributed by atoms with Gasteiger partial charge in [0.15, 0.2) is 0 Å². The minimum atomic E-state index is -1.24. The Morgan fingerprint density at radius 1 is 1.37 bits per heavy atom. The molecule has 19 heavy (non-hydrogen) atoms. The summed E-state index contributed by atoms with van der Waals surface area (Å²) in [5.74, 6) is -0.573. The zero-order valence-electron chi connectivity index (χ0n) is 11.9. The van der Waals surface area contributed by atoms with E-state index in [9.17, 15) is 14.4 Å². The molecule has 0 bridgehead atoms. The van der Waals surface area contributed by atoms with Gasteiger partial charge in [-0.05, 0) is 34.1 Å². The van der Waals surface area contributed by atoms with Crippen molar-refractivity contribution in [3.8, 4) is 0 Å². The number of aldehydes is 1. The van der Waals surface area contributed by atoms with Crippen LogP contribution in [0, 0.1) is 5.41 Å². The van der Waals surface area contributed by atoms with Gasteiger partial charge in [0, 0.05) is 13.1 Å². The Bertz CT molecular complexity index is 374. The molecule has 0 aliphatic carbocycles. The van der Waals surface area contributed by atoms with Gasteiger partial charge in [-0.1, -0.05) is 0 Å². The second-order valence-corrected chi connectivity index (χ2v) is 5.65. The van der Waals surface area contributed by atoms with Crippen LogP contribution in [0.5, 0.6) is 0 Å². The lowest BCUT2D eigenvalue weighted by molar-refractivity contribution is -0.156. The van der Waals surface area contributed by atoms with Gasteiger partial charge in [-0.25, -0.2) is 4.79 Å².